The van der Waals surface area contributed by atoms with E-state index in [9.17, 15) is 15.2 Å². The highest BCUT2D eigenvalue weighted by Crippen LogP contribution is 2.35. The van der Waals surface area contributed by atoms with E-state index in [1.54, 1.807) is 30.0 Å². The zero-order valence-corrected chi connectivity index (χ0v) is 14.3. The normalized spacial score (nSPS) is 16.6. The predicted molar refractivity (Wildman–Crippen MR) is 89.6 cm³/mol. The zero-order chi connectivity index (χ0) is 17.7. The van der Waals surface area contributed by atoms with E-state index >= 15 is 0 Å². The highest BCUT2D eigenvalue weighted by Gasteiger charge is 2.28. The van der Waals surface area contributed by atoms with Gasteiger partial charge in [-0.25, -0.2) is 4.79 Å². The highest BCUT2D eigenvalue weighted by molar-refractivity contribution is 5.81. The number of ether oxygens (including phenoxy) is 1. The fourth-order valence-electron chi connectivity index (χ4n) is 2.40. The van der Waals surface area contributed by atoms with E-state index in [1.165, 1.54) is 0 Å². The molecule has 0 radical (unpaired) electrons. The third-order valence-electron chi connectivity index (χ3n) is 4.16. The average Bonchev–Trinajstić information content (AvgIpc) is 2.60. The molecule has 0 aromatic heterocycles. The molecule has 1 amide bonds. The fraction of sp³-hybridized carbons (Fsp3) is 0.500. The summed E-state index contributed by atoms with van der Waals surface area (Å²) in [7, 11) is 2.00. The van der Waals surface area contributed by atoms with Crippen LogP contribution in [0.5, 0.6) is 5.75 Å². The van der Waals surface area contributed by atoms with Gasteiger partial charge in [0.05, 0.1) is 0 Å². The van der Waals surface area contributed by atoms with Gasteiger partial charge < -0.3 is 14.5 Å². The van der Waals surface area contributed by atoms with Crippen molar-refractivity contribution in [2.24, 2.45) is 0 Å². The van der Waals surface area contributed by atoms with Crippen LogP contribution in [0.2, 0.25) is 0 Å². The summed E-state index contributed by atoms with van der Waals surface area (Å²) >= 11 is 0. The van der Waals surface area contributed by atoms with Gasteiger partial charge in [0.25, 0.3) is 0 Å². The van der Waals surface area contributed by atoms with Crippen LogP contribution >= 0.6 is 0 Å². The number of likely N-dealkylation sites (N-methyl/N-ethyl adjacent to an activating group) is 1. The number of para-hydroxylation sites is 1. The minimum Gasteiger partial charge on any atom is -0.403 e. The molecule has 1 saturated heterocycles. The number of benzene rings is 1. The Morgan fingerprint density at radius 2 is 2.00 bits per heavy atom. The summed E-state index contributed by atoms with van der Waals surface area (Å²) in [5.74, 6) is 0.174. The SMILES string of the molecule is CC/C(C)=[N+](/O)c1c(NO)cccc1OC(=O)N1CCN(C)CC1. The van der Waals surface area contributed by atoms with E-state index in [0.717, 1.165) is 17.8 Å². The van der Waals surface area contributed by atoms with E-state index < -0.39 is 6.09 Å². The van der Waals surface area contributed by atoms with Gasteiger partial charge in [-0.3, -0.25) is 15.9 Å². The van der Waals surface area contributed by atoms with Crippen molar-refractivity contribution in [3.05, 3.63) is 18.2 Å². The van der Waals surface area contributed by atoms with Crippen LogP contribution in [0, 0.1) is 0 Å². The molecule has 1 aromatic rings. The molecule has 8 nitrogen and oxygen atoms in total. The van der Waals surface area contributed by atoms with Crippen molar-refractivity contribution >= 4 is 23.2 Å². The molecule has 0 saturated carbocycles. The first kappa shape index (κ1) is 18.0. The number of anilines is 1. The molecular weight excluding hydrogens is 312 g/mol. The lowest BCUT2D eigenvalue weighted by Crippen LogP contribution is -2.48. The van der Waals surface area contributed by atoms with Gasteiger partial charge in [0.1, 0.15) is 5.69 Å². The number of nitrogens with zero attached hydrogens (tertiary/aromatic N) is 3. The Labute approximate surface area is 141 Å². The number of hydrogen-bond acceptors (Lipinski definition) is 6. The van der Waals surface area contributed by atoms with Crippen LogP contribution in [0.3, 0.4) is 0 Å². The third-order valence-corrected chi connectivity index (χ3v) is 4.16. The summed E-state index contributed by atoms with van der Waals surface area (Å²) in [6, 6.07) is 4.79. The molecule has 3 N–H and O–H groups in total. The quantitative estimate of drug-likeness (QED) is 0.338. The molecule has 1 aromatic carbocycles. The first-order valence-electron chi connectivity index (χ1n) is 7.97. The first-order valence-corrected chi connectivity index (χ1v) is 7.97. The van der Waals surface area contributed by atoms with E-state index in [-0.39, 0.29) is 17.1 Å². The zero-order valence-electron chi connectivity index (χ0n) is 14.3. The maximum absolute atomic E-state index is 12.4. The van der Waals surface area contributed by atoms with Gasteiger partial charge in [-0.1, -0.05) is 13.0 Å². The Morgan fingerprint density at radius 3 is 2.58 bits per heavy atom. The number of hydrogen-bond donors (Lipinski definition) is 3. The number of carbonyl (C=O) groups is 1. The molecule has 1 heterocycles. The Bertz CT molecular complexity index is 625. The summed E-state index contributed by atoms with van der Waals surface area (Å²) in [4.78, 5) is 16.1. The largest absolute Gasteiger partial charge is 0.415 e. The van der Waals surface area contributed by atoms with Crippen LogP contribution < -0.4 is 10.2 Å². The van der Waals surface area contributed by atoms with E-state index in [2.05, 4.69) is 4.90 Å². The molecule has 1 fully saturated rings. The Balaban J connectivity index is 2.28. The lowest BCUT2D eigenvalue weighted by atomic mass is 10.2. The van der Waals surface area contributed by atoms with E-state index in [1.807, 2.05) is 19.5 Å². The minimum absolute atomic E-state index is 0.174. The predicted octanol–water partition coefficient (Wildman–Crippen LogP) is 2.14. The number of amides is 1. The van der Waals surface area contributed by atoms with Crippen molar-refractivity contribution in [1.82, 2.24) is 9.80 Å². The van der Waals surface area contributed by atoms with Gasteiger partial charge in [-0.05, 0) is 19.2 Å². The number of carbonyl (C=O) groups excluding carboxylic acids is 1. The van der Waals surface area contributed by atoms with E-state index in [4.69, 9.17) is 4.74 Å². The molecule has 8 heteroatoms. The van der Waals surface area contributed by atoms with Crippen LogP contribution in [0.1, 0.15) is 20.3 Å². The van der Waals surface area contributed by atoms with Gasteiger partial charge in [-0.15, -0.1) is 0 Å². The van der Waals surface area contributed by atoms with Crippen molar-refractivity contribution in [2.75, 3.05) is 38.7 Å². The maximum atomic E-state index is 12.4. The van der Waals surface area contributed by atoms with Crippen molar-refractivity contribution in [1.29, 1.82) is 0 Å². The lowest BCUT2D eigenvalue weighted by molar-refractivity contribution is -0.713. The molecule has 2 rings (SSSR count). The van der Waals surface area contributed by atoms with Crippen molar-refractivity contribution in [3.63, 3.8) is 0 Å². The summed E-state index contributed by atoms with van der Waals surface area (Å²) < 4.78 is 6.40. The molecule has 1 aliphatic heterocycles. The third kappa shape index (κ3) is 3.95. The van der Waals surface area contributed by atoms with Gasteiger partial charge in [0, 0.05) is 44.3 Å². The molecule has 0 unspecified atom stereocenters. The smallest absolute Gasteiger partial charge is 0.403 e. The summed E-state index contributed by atoms with van der Waals surface area (Å²) in [6.45, 7) is 6.39. The average molecular weight is 337 g/mol. The molecule has 0 aliphatic carbocycles. The molecule has 24 heavy (non-hydrogen) atoms. The summed E-state index contributed by atoms with van der Waals surface area (Å²) in [5, 5.41) is 19.7. The van der Waals surface area contributed by atoms with Gasteiger partial charge >= 0.3 is 11.8 Å². The maximum Gasteiger partial charge on any atom is 0.415 e. The Morgan fingerprint density at radius 1 is 1.33 bits per heavy atom. The molecule has 0 atom stereocenters. The van der Waals surface area contributed by atoms with Crippen molar-refractivity contribution in [2.45, 2.75) is 20.3 Å². The molecule has 1 aliphatic rings. The monoisotopic (exact) mass is 337 g/mol. The molecule has 132 valence electrons. The summed E-state index contributed by atoms with van der Waals surface area (Å²) in [5.41, 5.74) is 3.12. The van der Waals surface area contributed by atoms with Crippen LogP contribution in [0.25, 0.3) is 0 Å². The molecule has 0 spiro atoms. The van der Waals surface area contributed by atoms with Crippen LogP contribution in [0.15, 0.2) is 18.2 Å². The number of piperazine rings is 1. The first-order chi connectivity index (χ1) is 11.5. The lowest BCUT2D eigenvalue weighted by Gasteiger charge is -2.31. The van der Waals surface area contributed by atoms with Gasteiger partial charge in [-0.2, -0.15) is 0 Å². The van der Waals surface area contributed by atoms with Gasteiger partial charge in [0.15, 0.2) is 0 Å². The van der Waals surface area contributed by atoms with Crippen LogP contribution in [-0.2, 0) is 0 Å². The topological polar surface area (TPSA) is 88.3 Å². The van der Waals surface area contributed by atoms with Gasteiger partial charge in [0.2, 0.25) is 11.5 Å². The number of rotatable bonds is 4. The second-order valence-electron chi connectivity index (χ2n) is 5.82. The number of nitrogens with one attached hydrogen (secondary N) is 1. The fourth-order valence-corrected chi connectivity index (χ4v) is 2.40. The van der Waals surface area contributed by atoms with Crippen molar-refractivity contribution in [3.8, 4) is 5.75 Å². The minimum atomic E-state index is -0.470. The Kier molecular flexibility index (Phi) is 5.99. The standard InChI is InChI=1S/C16H25N4O4/c1-4-12(2)20(23)15-13(17-22)6-5-7-14(15)24-16(21)19-10-8-18(3)9-11-19/h5-7,17,22-23H,4,8-11H2,1-3H3/q+1/b20-12+. The van der Waals surface area contributed by atoms with E-state index in [0.29, 0.717) is 25.2 Å². The highest BCUT2D eigenvalue weighted by atomic mass is 16.6. The second-order valence-corrected chi connectivity index (χ2v) is 5.82. The van der Waals surface area contributed by atoms with Crippen LogP contribution in [0.4, 0.5) is 16.2 Å². The second kappa shape index (κ2) is 7.98. The Hall–Kier alpha value is -2.32. The van der Waals surface area contributed by atoms with Crippen LogP contribution in [-0.4, -0.2) is 70.0 Å². The van der Waals surface area contributed by atoms with Crippen molar-refractivity contribution < 1.29 is 24.7 Å². The molecular formula is C16H25N4O4+. The molecule has 0 bridgehead atoms. The summed E-state index contributed by atoms with van der Waals surface area (Å²) in [6.07, 6.45) is 0.129.